The Bertz CT molecular complexity index is 277. The van der Waals surface area contributed by atoms with Gasteiger partial charge in [0, 0.05) is 20.3 Å². The highest BCUT2D eigenvalue weighted by molar-refractivity contribution is 9.10. The van der Waals surface area contributed by atoms with Gasteiger partial charge < -0.3 is 5.32 Å². The fourth-order valence-electron chi connectivity index (χ4n) is 1.60. The smallest absolute Gasteiger partial charge is 0.0426 e. The Morgan fingerprint density at radius 1 is 1.50 bits per heavy atom. The van der Waals surface area contributed by atoms with Crippen LogP contribution in [0, 0.1) is 6.92 Å². The molecule has 3 heteroatoms. The van der Waals surface area contributed by atoms with E-state index in [1.54, 1.807) is 0 Å². The number of halogens is 1. The minimum atomic E-state index is 0.526. The molecule has 14 heavy (non-hydrogen) atoms. The van der Waals surface area contributed by atoms with Crippen LogP contribution in [0.15, 0.2) is 10.5 Å². The zero-order valence-electron chi connectivity index (χ0n) is 9.06. The lowest BCUT2D eigenvalue weighted by molar-refractivity contribution is 0.515. The lowest BCUT2D eigenvalue weighted by atomic mass is 10.1. The van der Waals surface area contributed by atoms with Crippen molar-refractivity contribution in [3.05, 3.63) is 20.3 Å². The molecular weight excluding hydrogens is 258 g/mol. The third-order valence-electron chi connectivity index (χ3n) is 2.18. The molecule has 1 rings (SSSR count). The van der Waals surface area contributed by atoms with Gasteiger partial charge in [-0.1, -0.05) is 20.3 Å². The maximum absolute atomic E-state index is 3.63. The Morgan fingerprint density at radius 3 is 2.64 bits per heavy atom. The fraction of sp³-hybridized carbons (Fsp3) is 0.636. The van der Waals surface area contributed by atoms with Crippen LogP contribution in [0.2, 0.25) is 0 Å². The lowest BCUT2D eigenvalue weighted by Gasteiger charge is -2.15. The first kappa shape index (κ1) is 12.2. The highest BCUT2D eigenvalue weighted by atomic mass is 79.9. The average Bonchev–Trinajstić information content (AvgIpc) is 2.45. The van der Waals surface area contributed by atoms with Crippen LogP contribution in [-0.4, -0.2) is 6.54 Å². The van der Waals surface area contributed by atoms with Gasteiger partial charge in [-0.2, -0.15) is 0 Å². The fourth-order valence-corrected chi connectivity index (χ4v) is 3.64. The highest BCUT2D eigenvalue weighted by Crippen LogP contribution is 2.34. The molecule has 0 aromatic carbocycles. The zero-order valence-corrected chi connectivity index (χ0v) is 11.5. The molecule has 1 aromatic rings. The summed E-state index contributed by atoms with van der Waals surface area (Å²) in [5.41, 5.74) is 0. The molecule has 1 atom stereocenters. The predicted molar refractivity (Wildman–Crippen MR) is 68.1 cm³/mol. The van der Waals surface area contributed by atoms with Gasteiger partial charge in [0.25, 0.3) is 0 Å². The summed E-state index contributed by atoms with van der Waals surface area (Å²) < 4.78 is 1.26. The molecular formula is C11H18BrNS. The van der Waals surface area contributed by atoms with E-state index in [2.05, 4.69) is 48.1 Å². The molecule has 1 heterocycles. The van der Waals surface area contributed by atoms with E-state index in [0.717, 1.165) is 6.54 Å². The second kappa shape index (κ2) is 5.89. The van der Waals surface area contributed by atoms with Crippen LogP contribution in [0.5, 0.6) is 0 Å². The van der Waals surface area contributed by atoms with Gasteiger partial charge in [0.2, 0.25) is 0 Å². The van der Waals surface area contributed by atoms with Crippen molar-refractivity contribution in [3.8, 4) is 0 Å². The van der Waals surface area contributed by atoms with Gasteiger partial charge in [-0.15, -0.1) is 11.3 Å². The summed E-state index contributed by atoms with van der Waals surface area (Å²) in [7, 11) is 0. The Balaban J connectivity index is 2.80. The maximum atomic E-state index is 3.63. The van der Waals surface area contributed by atoms with E-state index < -0.39 is 0 Å². The van der Waals surface area contributed by atoms with Crippen molar-refractivity contribution in [2.24, 2.45) is 0 Å². The van der Waals surface area contributed by atoms with Crippen LogP contribution in [0.4, 0.5) is 0 Å². The first-order chi connectivity index (χ1) is 6.69. The Hall–Kier alpha value is 0.140. The van der Waals surface area contributed by atoms with Crippen LogP contribution in [0.3, 0.4) is 0 Å². The summed E-state index contributed by atoms with van der Waals surface area (Å²) >= 11 is 5.52. The maximum Gasteiger partial charge on any atom is 0.0426 e. The van der Waals surface area contributed by atoms with Crippen LogP contribution in [-0.2, 0) is 0 Å². The van der Waals surface area contributed by atoms with Crippen LogP contribution < -0.4 is 5.32 Å². The molecule has 1 N–H and O–H groups in total. The van der Waals surface area contributed by atoms with E-state index >= 15 is 0 Å². The summed E-state index contributed by atoms with van der Waals surface area (Å²) in [6.45, 7) is 7.59. The minimum absolute atomic E-state index is 0.526. The average molecular weight is 276 g/mol. The molecule has 0 spiro atoms. The van der Waals surface area contributed by atoms with Crippen molar-refractivity contribution < 1.29 is 0 Å². The molecule has 0 saturated carbocycles. The molecule has 1 nitrogen and oxygen atoms in total. The highest BCUT2D eigenvalue weighted by Gasteiger charge is 2.14. The molecule has 0 radical (unpaired) electrons. The third kappa shape index (κ3) is 3.07. The van der Waals surface area contributed by atoms with Crippen molar-refractivity contribution in [3.63, 3.8) is 0 Å². The monoisotopic (exact) mass is 275 g/mol. The normalized spacial score (nSPS) is 13.1. The molecule has 0 fully saturated rings. The van der Waals surface area contributed by atoms with Crippen molar-refractivity contribution in [2.45, 2.75) is 39.7 Å². The van der Waals surface area contributed by atoms with E-state index in [9.17, 15) is 0 Å². The summed E-state index contributed by atoms with van der Waals surface area (Å²) in [5, 5.41) is 3.53. The van der Waals surface area contributed by atoms with E-state index in [-0.39, 0.29) is 0 Å². The number of aryl methyl sites for hydroxylation is 1. The lowest BCUT2D eigenvalue weighted by Crippen LogP contribution is -2.19. The molecule has 0 amide bonds. The van der Waals surface area contributed by atoms with Gasteiger partial charge in [0.1, 0.15) is 0 Å². The molecule has 1 aromatic heterocycles. The van der Waals surface area contributed by atoms with Crippen molar-refractivity contribution in [1.82, 2.24) is 5.32 Å². The van der Waals surface area contributed by atoms with Crippen LogP contribution in [0.1, 0.15) is 42.5 Å². The second-order valence-electron chi connectivity index (χ2n) is 3.47. The predicted octanol–water partition coefficient (Wildman–Crippen LogP) is 4.27. The number of thiophene rings is 1. The Morgan fingerprint density at radius 2 is 2.21 bits per heavy atom. The number of nitrogens with one attached hydrogen (secondary N) is 1. The summed E-state index contributed by atoms with van der Waals surface area (Å²) in [6.07, 6.45) is 2.44. The quantitative estimate of drug-likeness (QED) is 0.846. The van der Waals surface area contributed by atoms with Crippen molar-refractivity contribution in [2.75, 3.05) is 6.54 Å². The molecule has 80 valence electrons. The van der Waals surface area contributed by atoms with E-state index in [0.29, 0.717) is 6.04 Å². The van der Waals surface area contributed by atoms with E-state index in [1.165, 1.54) is 27.1 Å². The summed E-state index contributed by atoms with van der Waals surface area (Å²) in [6, 6.07) is 2.73. The Labute approximate surface area is 99.0 Å². The topological polar surface area (TPSA) is 12.0 Å². The van der Waals surface area contributed by atoms with E-state index in [1.807, 2.05) is 11.3 Å². The van der Waals surface area contributed by atoms with Gasteiger partial charge in [-0.3, -0.25) is 0 Å². The largest absolute Gasteiger partial charge is 0.309 e. The Kier molecular flexibility index (Phi) is 5.13. The minimum Gasteiger partial charge on any atom is -0.309 e. The molecule has 1 unspecified atom stereocenters. The zero-order chi connectivity index (χ0) is 10.6. The molecule has 0 saturated heterocycles. The first-order valence-corrected chi connectivity index (χ1v) is 6.79. The molecule has 0 aliphatic rings. The van der Waals surface area contributed by atoms with Gasteiger partial charge in [0.15, 0.2) is 0 Å². The van der Waals surface area contributed by atoms with Crippen molar-refractivity contribution in [1.29, 1.82) is 0 Å². The van der Waals surface area contributed by atoms with Gasteiger partial charge >= 0.3 is 0 Å². The molecule has 0 bridgehead atoms. The third-order valence-corrected chi connectivity index (χ3v) is 4.26. The number of rotatable bonds is 5. The van der Waals surface area contributed by atoms with Gasteiger partial charge in [-0.25, -0.2) is 0 Å². The number of hydrogen-bond donors (Lipinski definition) is 1. The van der Waals surface area contributed by atoms with E-state index in [4.69, 9.17) is 0 Å². The SMILES string of the molecule is CCCC(NCC)c1sc(C)cc1Br. The van der Waals surface area contributed by atoms with Gasteiger partial charge in [-0.05, 0) is 41.9 Å². The van der Waals surface area contributed by atoms with Crippen molar-refractivity contribution >= 4 is 27.3 Å². The molecule has 0 aliphatic carbocycles. The summed E-state index contributed by atoms with van der Waals surface area (Å²) in [5.74, 6) is 0. The van der Waals surface area contributed by atoms with Crippen LogP contribution >= 0.6 is 27.3 Å². The standard InChI is InChI=1S/C11H18BrNS/c1-4-6-10(13-5-2)11-9(12)7-8(3)14-11/h7,10,13H,4-6H2,1-3H3. The number of hydrogen-bond acceptors (Lipinski definition) is 2. The van der Waals surface area contributed by atoms with Gasteiger partial charge in [0.05, 0.1) is 0 Å². The second-order valence-corrected chi connectivity index (χ2v) is 5.61. The first-order valence-electron chi connectivity index (χ1n) is 5.18. The molecule has 0 aliphatic heterocycles. The summed E-state index contributed by atoms with van der Waals surface area (Å²) in [4.78, 5) is 2.83. The van der Waals surface area contributed by atoms with Crippen LogP contribution in [0.25, 0.3) is 0 Å².